The van der Waals surface area contributed by atoms with Crippen LogP contribution >= 0.6 is 0 Å². The maximum atomic E-state index is 11.7. The van der Waals surface area contributed by atoms with Crippen molar-refractivity contribution in [3.05, 3.63) is 0 Å². The number of carbonyl (C=O) groups excluding carboxylic acids is 1. The lowest BCUT2D eigenvalue weighted by molar-refractivity contribution is -0.143. The molecule has 2 fully saturated rings. The van der Waals surface area contributed by atoms with Gasteiger partial charge in [-0.15, -0.1) is 0 Å². The molecule has 0 N–H and O–H groups in total. The Morgan fingerprint density at radius 2 is 1.90 bits per heavy atom. The molecule has 1 saturated carbocycles. The summed E-state index contributed by atoms with van der Waals surface area (Å²) in [5.74, 6) is 1.40. The van der Waals surface area contributed by atoms with E-state index in [0.29, 0.717) is 12.6 Å². The lowest BCUT2D eigenvalue weighted by Gasteiger charge is -2.38. The summed E-state index contributed by atoms with van der Waals surface area (Å²) >= 11 is 0. The summed E-state index contributed by atoms with van der Waals surface area (Å²) in [5, 5.41) is 0. The van der Waals surface area contributed by atoms with Crippen LogP contribution in [0.5, 0.6) is 0 Å². The van der Waals surface area contributed by atoms with E-state index >= 15 is 0 Å². The Hall–Kier alpha value is -0.610. The van der Waals surface area contributed by atoms with Gasteiger partial charge in [0.1, 0.15) is 0 Å². The zero-order valence-corrected chi connectivity index (χ0v) is 13.0. The zero-order chi connectivity index (χ0) is 14.4. The fourth-order valence-corrected chi connectivity index (χ4v) is 3.59. The van der Waals surface area contributed by atoms with E-state index in [2.05, 4.69) is 11.8 Å². The molecule has 0 bridgehead atoms. The smallest absolute Gasteiger partial charge is 0.319 e. The fourth-order valence-electron chi connectivity index (χ4n) is 3.59. The van der Waals surface area contributed by atoms with Gasteiger partial charge in [-0.1, -0.05) is 26.2 Å². The number of hydrogen-bond donors (Lipinski definition) is 0. The number of esters is 1. The molecule has 0 unspecified atom stereocenters. The molecule has 1 aliphatic carbocycles. The van der Waals surface area contributed by atoms with Gasteiger partial charge in [-0.05, 0) is 31.1 Å². The summed E-state index contributed by atoms with van der Waals surface area (Å²) in [6, 6.07) is 0.483. The number of ether oxygens (including phenoxy) is 2. The predicted octanol–water partition coefficient (Wildman–Crippen LogP) is 2.47. The number of rotatable bonds is 5. The van der Waals surface area contributed by atoms with E-state index in [1.807, 2.05) is 0 Å². The van der Waals surface area contributed by atoms with E-state index in [9.17, 15) is 4.79 Å². The molecule has 0 spiro atoms. The summed E-state index contributed by atoms with van der Waals surface area (Å²) < 4.78 is 10.3. The quantitative estimate of drug-likeness (QED) is 0.727. The first-order valence-electron chi connectivity index (χ1n) is 8.09. The molecule has 2 rings (SSSR count). The van der Waals surface area contributed by atoms with E-state index in [0.717, 1.165) is 44.4 Å². The lowest BCUT2D eigenvalue weighted by atomic mass is 9.80. The van der Waals surface area contributed by atoms with E-state index in [-0.39, 0.29) is 5.97 Å². The van der Waals surface area contributed by atoms with Gasteiger partial charge in [0.25, 0.3) is 0 Å². The van der Waals surface area contributed by atoms with Crippen molar-refractivity contribution < 1.29 is 14.3 Å². The van der Waals surface area contributed by atoms with E-state index in [1.165, 1.54) is 32.8 Å². The average molecular weight is 283 g/mol. The molecule has 0 radical (unpaired) electrons. The number of carbonyl (C=O) groups is 1. The monoisotopic (exact) mass is 283 g/mol. The minimum absolute atomic E-state index is 0.111. The Kier molecular flexibility index (Phi) is 6.30. The van der Waals surface area contributed by atoms with Crippen molar-refractivity contribution in [2.24, 2.45) is 11.8 Å². The van der Waals surface area contributed by atoms with Gasteiger partial charge in [0.05, 0.1) is 13.7 Å². The molecule has 0 aromatic carbocycles. The molecule has 1 saturated heterocycles. The van der Waals surface area contributed by atoms with Gasteiger partial charge in [-0.25, -0.2) is 0 Å². The highest BCUT2D eigenvalue weighted by molar-refractivity contribution is 5.71. The zero-order valence-electron chi connectivity index (χ0n) is 13.0. The van der Waals surface area contributed by atoms with Crippen molar-refractivity contribution in [1.82, 2.24) is 4.90 Å². The predicted molar refractivity (Wildman–Crippen MR) is 78.6 cm³/mol. The molecule has 0 aromatic heterocycles. The van der Waals surface area contributed by atoms with Gasteiger partial charge >= 0.3 is 5.97 Å². The van der Waals surface area contributed by atoms with Crippen LogP contribution in [0.2, 0.25) is 0 Å². The van der Waals surface area contributed by atoms with Crippen molar-refractivity contribution in [2.45, 2.75) is 51.5 Å². The van der Waals surface area contributed by atoms with Crippen LogP contribution in [0, 0.1) is 11.8 Å². The second-order valence-electron chi connectivity index (χ2n) is 6.37. The normalized spacial score (nSPS) is 28.6. The molecule has 0 amide bonds. The summed E-state index contributed by atoms with van der Waals surface area (Å²) in [7, 11) is 1.48. The van der Waals surface area contributed by atoms with Crippen LogP contribution in [0.4, 0.5) is 0 Å². The average Bonchev–Trinajstić information content (AvgIpc) is 2.49. The molecule has 2 aliphatic rings. The van der Waals surface area contributed by atoms with Crippen LogP contribution in [0.1, 0.15) is 45.4 Å². The first-order chi connectivity index (χ1) is 9.70. The van der Waals surface area contributed by atoms with Gasteiger partial charge in [-0.3, -0.25) is 9.69 Å². The minimum atomic E-state index is -0.111. The van der Waals surface area contributed by atoms with Gasteiger partial charge in [-0.2, -0.15) is 0 Å². The minimum Gasteiger partial charge on any atom is -0.468 e. The molecule has 0 aromatic rings. The first-order valence-corrected chi connectivity index (χ1v) is 8.09. The summed E-state index contributed by atoms with van der Waals surface area (Å²) in [5.41, 5.74) is 0. The standard InChI is InChI=1S/C16H29NO3/c1-13-5-3-4-6-14(13)11-17(12-16(18)19-2)15-7-9-20-10-8-15/h13-15H,3-12H2,1-2H3/t13-,14+/m1/s1. The fraction of sp³-hybridized carbons (Fsp3) is 0.938. The summed E-state index contributed by atoms with van der Waals surface area (Å²) in [6.45, 7) is 5.49. The maximum Gasteiger partial charge on any atom is 0.319 e. The van der Waals surface area contributed by atoms with Crippen LogP contribution in [-0.2, 0) is 14.3 Å². The molecular weight excluding hydrogens is 254 g/mol. The molecule has 20 heavy (non-hydrogen) atoms. The van der Waals surface area contributed by atoms with Gasteiger partial charge in [0, 0.05) is 25.8 Å². The van der Waals surface area contributed by atoms with Crippen molar-refractivity contribution in [1.29, 1.82) is 0 Å². The topological polar surface area (TPSA) is 38.8 Å². The highest BCUT2D eigenvalue weighted by atomic mass is 16.5. The summed E-state index contributed by atoms with van der Waals surface area (Å²) in [4.78, 5) is 14.1. The summed E-state index contributed by atoms with van der Waals surface area (Å²) in [6.07, 6.45) is 7.43. The molecular formula is C16H29NO3. The van der Waals surface area contributed by atoms with Gasteiger partial charge < -0.3 is 9.47 Å². The first kappa shape index (κ1) is 15.8. The Bertz CT molecular complexity index is 302. The third-order valence-electron chi connectivity index (χ3n) is 5.03. The third kappa shape index (κ3) is 4.45. The van der Waals surface area contributed by atoms with Crippen molar-refractivity contribution >= 4 is 5.97 Å². The Balaban J connectivity index is 1.95. The second-order valence-corrected chi connectivity index (χ2v) is 6.37. The van der Waals surface area contributed by atoms with Gasteiger partial charge in [0.15, 0.2) is 0 Å². The van der Waals surface area contributed by atoms with Crippen LogP contribution in [0.15, 0.2) is 0 Å². The Morgan fingerprint density at radius 1 is 1.20 bits per heavy atom. The maximum absolute atomic E-state index is 11.7. The van der Waals surface area contributed by atoms with Crippen molar-refractivity contribution in [3.8, 4) is 0 Å². The van der Waals surface area contributed by atoms with Crippen LogP contribution < -0.4 is 0 Å². The van der Waals surface area contributed by atoms with Crippen LogP contribution in [0.25, 0.3) is 0 Å². The highest BCUT2D eigenvalue weighted by Crippen LogP contribution is 2.31. The lowest BCUT2D eigenvalue weighted by Crippen LogP contribution is -2.46. The van der Waals surface area contributed by atoms with Gasteiger partial charge in [0.2, 0.25) is 0 Å². The van der Waals surface area contributed by atoms with Crippen LogP contribution in [-0.4, -0.2) is 50.3 Å². The largest absolute Gasteiger partial charge is 0.468 e. The Morgan fingerprint density at radius 3 is 2.55 bits per heavy atom. The molecule has 116 valence electrons. The van der Waals surface area contributed by atoms with Crippen molar-refractivity contribution in [3.63, 3.8) is 0 Å². The highest BCUT2D eigenvalue weighted by Gasteiger charge is 2.29. The van der Waals surface area contributed by atoms with E-state index < -0.39 is 0 Å². The second kappa shape index (κ2) is 7.99. The number of methoxy groups -OCH3 is 1. The van der Waals surface area contributed by atoms with E-state index in [4.69, 9.17) is 9.47 Å². The molecule has 4 heteroatoms. The number of hydrogen-bond acceptors (Lipinski definition) is 4. The Labute approximate surface area is 122 Å². The third-order valence-corrected chi connectivity index (χ3v) is 5.03. The molecule has 4 nitrogen and oxygen atoms in total. The van der Waals surface area contributed by atoms with E-state index in [1.54, 1.807) is 0 Å². The molecule has 1 heterocycles. The number of nitrogens with zero attached hydrogens (tertiary/aromatic N) is 1. The molecule has 2 atom stereocenters. The van der Waals surface area contributed by atoms with Crippen LogP contribution in [0.3, 0.4) is 0 Å². The SMILES string of the molecule is COC(=O)CN(C[C@@H]1CCCC[C@H]1C)C1CCOCC1. The molecule has 1 aliphatic heterocycles. The van der Waals surface area contributed by atoms with Crippen molar-refractivity contribution in [2.75, 3.05) is 33.4 Å².